The fourth-order valence-electron chi connectivity index (χ4n) is 1.96. The molecule has 0 spiro atoms. The van der Waals surface area contributed by atoms with Crippen LogP contribution < -0.4 is 11.1 Å². The van der Waals surface area contributed by atoms with Gasteiger partial charge in [0.1, 0.15) is 5.82 Å². The molecule has 1 aliphatic heterocycles. The average Bonchev–Trinajstić information content (AvgIpc) is 2.70. The topological polar surface area (TPSA) is 85.8 Å². The molecule has 0 saturated carbocycles. The zero-order valence-electron chi connectivity index (χ0n) is 10.3. The standard InChI is InChI=1S/C11H19N5O/c1-3-9-14-10-5-4-8(6-16(10)15-9)13-11(17)7(2)12/h7-8H,3-6,12H2,1-2H3,(H,13,17)/t7-,8?/m1/s1. The summed E-state index contributed by atoms with van der Waals surface area (Å²) in [6.07, 6.45) is 2.61. The van der Waals surface area contributed by atoms with Gasteiger partial charge in [0.15, 0.2) is 5.82 Å². The molecule has 0 aromatic carbocycles. The van der Waals surface area contributed by atoms with Crippen LogP contribution in [0.2, 0.25) is 0 Å². The maximum Gasteiger partial charge on any atom is 0.236 e. The van der Waals surface area contributed by atoms with Gasteiger partial charge in [-0.15, -0.1) is 0 Å². The van der Waals surface area contributed by atoms with Gasteiger partial charge in [-0.05, 0) is 13.3 Å². The maximum absolute atomic E-state index is 11.5. The third-order valence-electron chi connectivity index (χ3n) is 2.98. The zero-order chi connectivity index (χ0) is 12.4. The van der Waals surface area contributed by atoms with Gasteiger partial charge in [0.2, 0.25) is 5.91 Å². The molecule has 0 saturated heterocycles. The Bertz CT molecular complexity index is 412. The van der Waals surface area contributed by atoms with Crippen molar-refractivity contribution in [1.82, 2.24) is 20.1 Å². The Morgan fingerprint density at radius 2 is 2.47 bits per heavy atom. The zero-order valence-corrected chi connectivity index (χ0v) is 10.3. The Hall–Kier alpha value is -1.43. The lowest BCUT2D eigenvalue weighted by molar-refractivity contribution is -0.122. The van der Waals surface area contributed by atoms with Gasteiger partial charge in [-0.1, -0.05) is 6.92 Å². The van der Waals surface area contributed by atoms with Crippen LogP contribution in [-0.2, 0) is 24.2 Å². The van der Waals surface area contributed by atoms with Gasteiger partial charge in [-0.2, -0.15) is 5.10 Å². The molecule has 0 aliphatic carbocycles. The molecule has 1 aromatic heterocycles. The first-order chi connectivity index (χ1) is 8.10. The van der Waals surface area contributed by atoms with Gasteiger partial charge in [0.25, 0.3) is 0 Å². The second-order valence-electron chi connectivity index (χ2n) is 4.51. The van der Waals surface area contributed by atoms with Crippen LogP contribution in [-0.4, -0.2) is 32.8 Å². The molecule has 17 heavy (non-hydrogen) atoms. The number of carbonyl (C=O) groups excluding carboxylic acids is 1. The fourth-order valence-corrected chi connectivity index (χ4v) is 1.96. The highest BCUT2D eigenvalue weighted by Crippen LogP contribution is 2.13. The molecule has 1 amide bonds. The Kier molecular flexibility index (Phi) is 3.42. The second-order valence-corrected chi connectivity index (χ2v) is 4.51. The van der Waals surface area contributed by atoms with E-state index in [1.165, 1.54) is 0 Å². The third-order valence-corrected chi connectivity index (χ3v) is 2.98. The first-order valence-electron chi connectivity index (χ1n) is 6.08. The summed E-state index contributed by atoms with van der Waals surface area (Å²) in [5.41, 5.74) is 5.53. The van der Waals surface area contributed by atoms with E-state index in [1.807, 2.05) is 11.6 Å². The summed E-state index contributed by atoms with van der Waals surface area (Å²) in [5, 5.41) is 7.33. The Morgan fingerprint density at radius 3 is 3.12 bits per heavy atom. The normalized spacial score (nSPS) is 20.8. The molecule has 1 aromatic rings. The molecule has 6 heteroatoms. The molecule has 6 nitrogen and oxygen atoms in total. The van der Waals surface area contributed by atoms with Gasteiger partial charge >= 0.3 is 0 Å². The van der Waals surface area contributed by atoms with Gasteiger partial charge < -0.3 is 11.1 Å². The molecule has 2 atom stereocenters. The van der Waals surface area contributed by atoms with Crippen LogP contribution in [0.4, 0.5) is 0 Å². The number of rotatable bonds is 3. The number of nitrogens with two attached hydrogens (primary N) is 1. The number of amides is 1. The maximum atomic E-state index is 11.5. The van der Waals surface area contributed by atoms with Crippen molar-refractivity contribution in [2.45, 2.75) is 51.7 Å². The quantitative estimate of drug-likeness (QED) is 0.750. The highest BCUT2D eigenvalue weighted by atomic mass is 16.2. The highest BCUT2D eigenvalue weighted by Gasteiger charge is 2.23. The molecule has 0 radical (unpaired) electrons. The minimum atomic E-state index is -0.460. The molecular weight excluding hydrogens is 218 g/mol. The van der Waals surface area contributed by atoms with Crippen LogP contribution >= 0.6 is 0 Å². The number of hydrogen-bond acceptors (Lipinski definition) is 4. The first kappa shape index (κ1) is 12.0. The van der Waals surface area contributed by atoms with Crippen molar-refractivity contribution in [1.29, 1.82) is 0 Å². The smallest absolute Gasteiger partial charge is 0.236 e. The predicted molar refractivity (Wildman–Crippen MR) is 63.3 cm³/mol. The van der Waals surface area contributed by atoms with Gasteiger partial charge in [0.05, 0.1) is 12.6 Å². The first-order valence-corrected chi connectivity index (χ1v) is 6.08. The van der Waals surface area contributed by atoms with Crippen LogP contribution in [0.25, 0.3) is 0 Å². The van der Waals surface area contributed by atoms with Crippen molar-refractivity contribution in [3.63, 3.8) is 0 Å². The molecule has 2 heterocycles. The van der Waals surface area contributed by atoms with Crippen molar-refractivity contribution in [3.05, 3.63) is 11.6 Å². The lowest BCUT2D eigenvalue weighted by Gasteiger charge is -2.24. The highest BCUT2D eigenvalue weighted by molar-refractivity contribution is 5.81. The predicted octanol–water partition coefficient (Wildman–Crippen LogP) is -0.381. The molecule has 0 fully saturated rings. The largest absolute Gasteiger partial charge is 0.350 e. The van der Waals surface area contributed by atoms with E-state index in [0.717, 1.165) is 30.9 Å². The Balaban J connectivity index is 2.00. The molecule has 1 unspecified atom stereocenters. The number of aryl methyl sites for hydroxylation is 2. The fraction of sp³-hybridized carbons (Fsp3) is 0.727. The van der Waals surface area contributed by atoms with E-state index < -0.39 is 6.04 Å². The van der Waals surface area contributed by atoms with Gasteiger partial charge in [-0.3, -0.25) is 4.79 Å². The monoisotopic (exact) mass is 237 g/mol. The second kappa shape index (κ2) is 4.83. The summed E-state index contributed by atoms with van der Waals surface area (Å²) in [4.78, 5) is 15.9. The van der Waals surface area contributed by atoms with E-state index in [-0.39, 0.29) is 11.9 Å². The van der Waals surface area contributed by atoms with Crippen LogP contribution in [0.3, 0.4) is 0 Å². The van der Waals surface area contributed by atoms with Crippen molar-refractivity contribution in [3.8, 4) is 0 Å². The summed E-state index contributed by atoms with van der Waals surface area (Å²) >= 11 is 0. The van der Waals surface area contributed by atoms with Crippen LogP contribution in [0, 0.1) is 0 Å². The minimum Gasteiger partial charge on any atom is -0.350 e. The molecule has 2 rings (SSSR count). The van der Waals surface area contributed by atoms with E-state index in [2.05, 4.69) is 15.4 Å². The van der Waals surface area contributed by atoms with Crippen LogP contribution in [0.15, 0.2) is 0 Å². The van der Waals surface area contributed by atoms with Gasteiger partial charge in [0, 0.05) is 18.9 Å². The van der Waals surface area contributed by atoms with E-state index in [1.54, 1.807) is 6.92 Å². The van der Waals surface area contributed by atoms with Crippen molar-refractivity contribution in [2.24, 2.45) is 5.73 Å². The summed E-state index contributed by atoms with van der Waals surface area (Å²) in [6, 6.07) is -0.342. The SMILES string of the molecule is CCc1nc2n(n1)CC(NC(=O)[C@@H](C)N)CC2. The molecule has 3 N–H and O–H groups in total. The molecule has 1 aliphatic rings. The summed E-state index contributed by atoms with van der Waals surface area (Å²) in [6.45, 7) is 4.42. The number of carbonyl (C=O) groups is 1. The van der Waals surface area contributed by atoms with E-state index in [9.17, 15) is 4.79 Å². The summed E-state index contributed by atoms with van der Waals surface area (Å²) in [5.74, 6) is 1.79. The van der Waals surface area contributed by atoms with E-state index in [4.69, 9.17) is 5.73 Å². The molecular formula is C11H19N5O. The molecule has 0 bridgehead atoms. The van der Waals surface area contributed by atoms with Crippen molar-refractivity contribution < 1.29 is 4.79 Å². The number of aromatic nitrogens is 3. The number of nitrogens with zero attached hydrogens (tertiary/aromatic N) is 3. The number of fused-ring (bicyclic) bond motifs is 1. The number of nitrogens with one attached hydrogen (secondary N) is 1. The lowest BCUT2D eigenvalue weighted by atomic mass is 10.1. The molecule has 94 valence electrons. The minimum absolute atomic E-state index is 0.103. The number of hydrogen-bond donors (Lipinski definition) is 2. The van der Waals surface area contributed by atoms with Crippen LogP contribution in [0.1, 0.15) is 31.9 Å². The van der Waals surface area contributed by atoms with Crippen molar-refractivity contribution >= 4 is 5.91 Å². The Morgan fingerprint density at radius 1 is 1.71 bits per heavy atom. The van der Waals surface area contributed by atoms with Crippen LogP contribution in [0.5, 0.6) is 0 Å². The van der Waals surface area contributed by atoms with Crippen molar-refractivity contribution in [2.75, 3.05) is 0 Å². The summed E-state index contributed by atoms with van der Waals surface area (Å²) < 4.78 is 1.90. The van der Waals surface area contributed by atoms with Gasteiger partial charge in [-0.25, -0.2) is 9.67 Å². The lowest BCUT2D eigenvalue weighted by Crippen LogP contribution is -2.47. The van der Waals surface area contributed by atoms with E-state index in [0.29, 0.717) is 6.54 Å². The average molecular weight is 237 g/mol. The summed E-state index contributed by atoms with van der Waals surface area (Å²) in [7, 11) is 0. The Labute approximate surface area is 101 Å². The van der Waals surface area contributed by atoms with E-state index >= 15 is 0 Å². The third kappa shape index (κ3) is 2.63.